The first-order valence-corrected chi connectivity index (χ1v) is 5.31. The van der Waals surface area contributed by atoms with E-state index in [1.807, 2.05) is 21.0 Å². The molecule has 0 bridgehead atoms. The normalized spacial score (nSPS) is 22.6. The topological polar surface area (TPSA) is 35.6 Å². The number of hydrogen-bond acceptors (Lipinski definition) is 3. The summed E-state index contributed by atoms with van der Waals surface area (Å²) in [4.78, 5) is 15.6. The lowest BCUT2D eigenvalue weighted by Crippen LogP contribution is -2.38. The third-order valence-electron chi connectivity index (χ3n) is 2.94. The largest absolute Gasteiger partial charge is 0.345 e. The number of hydrogen-bond donors (Lipinski definition) is 1. The van der Waals surface area contributed by atoms with E-state index in [1.54, 1.807) is 4.90 Å². The van der Waals surface area contributed by atoms with Crippen molar-refractivity contribution in [3.8, 4) is 0 Å². The summed E-state index contributed by atoms with van der Waals surface area (Å²) in [7, 11) is 3.84. The van der Waals surface area contributed by atoms with Crippen LogP contribution in [0.2, 0.25) is 0 Å². The van der Waals surface area contributed by atoms with Gasteiger partial charge in [-0.2, -0.15) is 0 Å². The molecule has 0 spiro atoms. The highest BCUT2D eigenvalue weighted by Crippen LogP contribution is 2.08. The van der Waals surface area contributed by atoms with Gasteiger partial charge in [0, 0.05) is 32.7 Å². The van der Waals surface area contributed by atoms with Crippen molar-refractivity contribution in [3.63, 3.8) is 0 Å². The van der Waals surface area contributed by atoms with Gasteiger partial charge in [0.05, 0.1) is 6.54 Å². The van der Waals surface area contributed by atoms with Crippen molar-refractivity contribution in [1.82, 2.24) is 15.1 Å². The number of nitrogens with one attached hydrogen (secondary N) is 1. The van der Waals surface area contributed by atoms with Gasteiger partial charge >= 0.3 is 0 Å². The summed E-state index contributed by atoms with van der Waals surface area (Å²) in [6.45, 7) is 5.40. The van der Waals surface area contributed by atoms with Crippen LogP contribution in [0.15, 0.2) is 0 Å². The quantitative estimate of drug-likeness (QED) is 0.678. The summed E-state index contributed by atoms with van der Waals surface area (Å²) in [5.74, 6) is 0.226. The first kappa shape index (κ1) is 11.5. The Kier molecular flexibility index (Phi) is 4.35. The Morgan fingerprint density at radius 3 is 2.86 bits per heavy atom. The fourth-order valence-corrected chi connectivity index (χ4v) is 1.70. The fourth-order valence-electron chi connectivity index (χ4n) is 1.70. The number of carbonyl (C=O) groups excluding carboxylic acids is 1. The highest BCUT2D eigenvalue weighted by molar-refractivity contribution is 5.77. The van der Waals surface area contributed by atoms with Crippen LogP contribution in [0, 0.1) is 0 Å². The van der Waals surface area contributed by atoms with Crippen LogP contribution < -0.4 is 5.32 Å². The molecule has 0 aromatic rings. The molecular formula is C10H21N3O. The molecule has 14 heavy (non-hydrogen) atoms. The Morgan fingerprint density at radius 2 is 2.36 bits per heavy atom. The van der Waals surface area contributed by atoms with E-state index in [4.69, 9.17) is 0 Å². The van der Waals surface area contributed by atoms with Crippen LogP contribution in [-0.2, 0) is 4.79 Å². The van der Waals surface area contributed by atoms with Gasteiger partial charge in [0.15, 0.2) is 0 Å². The maximum atomic E-state index is 11.6. The van der Waals surface area contributed by atoms with Crippen LogP contribution in [0.3, 0.4) is 0 Å². The van der Waals surface area contributed by atoms with Gasteiger partial charge in [0.2, 0.25) is 5.91 Å². The zero-order valence-electron chi connectivity index (χ0n) is 9.42. The van der Waals surface area contributed by atoms with Gasteiger partial charge in [0.1, 0.15) is 0 Å². The van der Waals surface area contributed by atoms with Crippen LogP contribution in [0.5, 0.6) is 0 Å². The van der Waals surface area contributed by atoms with E-state index in [-0.39, 0.29) is 5.91 Å². The van der Waals surface area contributed by atoms with Gasteiger partial charge in [-0.15, -0.1) is 0 Å². The van der Waals surface area contributed by atoms with Crippen molar-refractivity contribution in [2.45, 2.75) is 19.4 Å². The molecule has 4 nitrogen and oxygen atoms in total. The number of rotatable bonds is 4. The Bertz CT molecular complexity index is 196. The Hall–Kier alpha value is -0.610. The molecule has 1 fully saturated rings. The first-order valence-electron chi connectivity index (χ1n) is 5.31. The van der Waals surface area contributed by atoms with E-state index in [0.717, 1.165) is 26.1 Å². The highest BCUT2D eigenvalue weighted by atomic mass is 16.2. The highest BCUT2D eigenvalue weighted by Gasteiger charge is 2.23. The van der Waals surface area contributed by atoms with Crippen LogP contribution in [0.4, 0.5) is 0 Å². The number of likely N-dealkylation sites (N-methyl/N-ethyl adjacent to an activating group) is 2. The van der Waals surface area contributed by atoms with Crippen LogP contribution in [0.1, 0.15) is 13.3 Å². The molecule has 1 aliphatic heterocycles. The molecule has 0 saturated carbocycles. The predicted octanol–water partition coefficient (Wildman–Crippen LogP) is -0.242. The van der Waals surface area contributed by atoms with Crippen molar-refractivity contribution in [2.75, 3.05) is 40.3 Å². The molecule has 1 unspecified atom stereocenters. The summed E-state index contributed by atoms with van der Waals surface area (Å²) in [6.07, 6.45) is 1.15. The van der Waals surface area contributed by atoms with E-state index < -0.39 is 0 Å². The number of likely N-dealkylation sites (tertiary alicyclic amines) is 1. The molecule has 1 atom stereocenters. The minimum atomic E-state index is 0.226. The smallest absolute Gasteiger partial charge is 0.236 e. The van der Waals surface area contributed by atoms with E-state index in [0.29, 0.717) is 12.6 Å². The molecule has 82 valence electrons. The summed E-state index contributed by atoms with van der Waals surface area (Å²) >= 11 is 0. The van der Waals surface area contributed by atoms with Crippen molar-refractivity contribution >= 4 is 5.91 Å². The third-order valence-corrected chi connectivity index (χ3v) is 2.94. The minimum Gasteiger partial charge on any atom is -0.345 e. The standard InChI is InChI=1S/C10H21N3O/c1-4-12(3)10(14)8-13-6-5-9(7-13)11-2/h9,11H,4-8H2,1-3H3. The summed E-state index contributed by atoms with van der Waals surface area (Å²) in [5, 5.41) is 3.24. The van der Waals surface area contributed by atoms with Crippen LogP contribution >= 0.6 is 0 Å². The first-order chi connectivity index (χ1) is 6.67. The van der Waals surface area contributed by atoms with Gasteiger partial charge in [-0.25, -0.2) is 0 Å². The predicted molar refractivity (Wildman–Crippen MR) is 57.2 cm³/mol. The van der Waals surface area contributed by atoms with Gasteiger partial charge in [0.25, 0.3) is 0 Å². The van der Waals surface area contributed by atoms with Crippen LogP contribution in [-0.4, -0.2) is 62.0 Å². The zero-order valence-corrected chi connectivity index (χ0v) is 9.42. The molecule has 0 aromatic heterocycles. The van der Waals surface area contributed by atoms with E-state index in [1.165, 1.54) is 0 Å². The lowest BCUT2D eigenvalue weighted by Gasteiger charge is -2.20. The van der Waals surface area contributed by atoms with E-state index in [9.17, 15) is 4.79 Å². The Labute approximate surface area is 86.2 Å². The molecule has 1 rings (SSSR count). The zero-order chi connectivity index (χ0) is 10.6. The van der Waals surface area contributed by atoms with Crippen molar-refractivity contribution in [3.05, 3.63) is 0 Å². The number of nitrogens with zero attached hydrogens (tertiary/aromatic N) is 2. The summed E-state index contributed by atoms with van der Waals surface area (Å²) < 4.78 is 0. The molecule has 1 N–H and O–H groups in total. The molecule has 1 aliphatic rings. The average molecular weight is 199 g/mol. The molecule has 0 radical (unpaired) electrons. The summed E-state index contributed by atoms with van der Waals surface area (Å²) in [6, 6.07) is 0.565. The molecular weight excluding hydrogens is 178 g/mol. The van der Waals surface area contributed by atoms with Crippen molar-refractivity contribution in [2.24, 2.45) is 0 Å². The molecule has 0 aromatic carbocycles. The van der Waals surface area contributed by atoms with Crippen molar-refractivity contribution in [1.29, 1.82) is 0 Å². The summed E-state index contributed by atoms with van der Waals surface area (Å²) in [5.41, 5.74) is 0. The van der Waals surface area contributed by atoms with Gasteiger partial charge < -0.3 is 10.2 Å². The minimum absolute atomic E-state index is 0.226. The average Bonchev–Trinajstić information content (AvgIpc) is 2.64. The fraction of sp³-hybridized carbons (Fsp3) is 0.900. The second kappa shape index (κ2) is 5.32. The lowest BCUT2D eigenvalue weighted by atomic mass is 10.3. The van der Waals surface area contributed by atoms with Gasteiger partial charge in [-0.1, -0.05) is 0 Å². The molecule has 1 saturated heterocycles. The van der Waals surface area contributed by atoms with E-state index >= 15 is 0 Å². The number of amides is 1. The second-order valence-corrected chi connectivity index (χ2v) is 3.92. The van der Waals surface area contributed by atoms with E-state index in [2.05, 4.69) is 10.2 Å². The number of carbonyl (C=O) groups is 1. The monoisotopic (exact) mass is 199 g/mol. The maximum Gasteiger partial charge on any atom is 0.236 e. The van der Waals surface area contributed by atoms with Crippen LogP contribution in [0.25, 0.3) is 0 Å². The molecule has 0 aliphatic carbocycles. The van der Waals surface area contributed by atoms with Gasteiger partial charge in [-0.05, 0) is 20.4 Å². The molecule has 1 heterocycles. The third kappa shape index (κ3) is 2.96. The maximum absolute atomic E-state index is 11.6. The lowest BCUT2D eigenvalue weighted by molar-refractivity contribution is -0.130. The SMILES string of the molecule is CCN(C)C(=O)CN1CCC(NC)C1. The molecule has 1 amide bonds. The van der Waals surface area contributed by atoms with Gasteiger partial charge in [-0.3, -0.25) is 9.69 Å². The Balaban J connectivity index is 2.28. The second-order valence-electron chi connectivity index (χ2n) is 3.92. The molecule has 4 heteroatoms. The van der Waals surface area contributed by atoms with Crippen molar-refractivity contribution < 1.29 is 4.79 Å². The Morgan fingerprint density at radius 1 is 1.64 bits per heavy atom.